The molecule has 2 aromatic rings. The Bertz CT molecular complexity index is 618. The van der Waals surface area contributed by atoms with E-state index < -0.39 is 0 Å². The number of nitrogens with two attached hydrogens (primary N) is 1. The van der Waals surface area contributed by atoms with Crippen LogP contribution in [-0.2, 0) is 6.54 Å². The van der Waals surface area contributed by atoms with Gasteiger partial charge in [0.05, 0.1) is 6.61 Å². The van der Waals surface area contributed by atoms with Gasteiger partial charge in [-0.3, -0.25) is 0 Å². The molecule has 0 atom stereocenters. The molecule has 2 N–H and O–H groups in total. The highest BCUT2D eigenvalue weighted by molar-refractivity contribution is 5.65. The number of likely N-dealkylation sites (tertiary alicyclic amines) is 1. The quantitative estimate of drug-likeness (QED) is 0.780. The standard InChI is InChI=1S/C21H28N2O/c22-17-18-8-10-19(11-9-18)20-6-4-7-21(16-20)24-15-5-14-23-12-2-1-3-13-23/h4,6-11,16H,1-3,5,12-15,17,22H2. The summed E-state index contributed by atoms with van der Waals surface area (Å²) in [6, 6.07) is 16.8. The second-order valence-corrected chi connectivity index (χ2v) is 6.53. The highest BCUT2D eigenvalue weighted by Crippen LogP contribution is 2.24. The molecule has 0 radical (unpaired) electrons. The summed E-state index contributed by atoms with van der Waals surface area (Å²) in [6.07, 6.45) is 5.19. The van der Waals surface area contributed by atoms with Crippen molar-refractivity contribution >= 4 is 0 Å². The molecule has 0 aliphatic carbocycles. The van der Waals surface area contributed by atoms with Gasteiger partial charge in [0.2, 0.25) is 0 Å². The summed E-state index contributed by atoms with van der Waals surface area (Å²) in [4.78, 5) is 2.56. The highest BCUT2D eigenvalue weighted by Gasteiger charge is 2.09. The first-order valence-electron chi connectivity index (χ1n) is 9.10. The fourth-order valence-corrected chi connectivity index (χ4v) is 3.26. The average Bonchev–Trinajstić information content (AvgIpc) is 2.66. The monoisotopic (exact) mass is 324 g/mol. The van der Waals surface area contributed by atoms with Gasteiger partial charge in [-0.2, -0.15) is 0 Å². The SMILES string of the molecule is NCc1ccc(-c2cccc(OCCCN3CCCCC3)c2)cc1. The number of nitrogens with zero attached hydrogens (tertiary/aromatic N) is 1. The van der Waals surface area contributed by atoms with Crippen LogP contribution < -0.4 is 10.5 Å². The zero-order chi connectivity index (χ0) is 16.6. The molecule has 128 valence electrons. The molecule has 1 aliphatic rings. The zero-order valence-corrected chi connectivity index (χ0v) is 14.4. The van der Waals surface area contributed by atoms with Crippen molar-refractivity contribution in [1.29, 1.82) is 0 Å². The van der Waals surface area contributed by atoms with Crippen molar-refractivity contribution < 1.29 is 4.74 Å². The largest absolute Gasteiger partial charge is 0.494 e. The van der Waals surface area contributed by atoms with E-state index in [-0.39, 0.29) is 0 Å². The third-order valence-corrected chi connectivity index (χ3v) is 4.69. The van der Waals surface area contributed by atoms with Gasteiger partial charge in [-0.1, -0.05) is 42.8 Å². The van der Waals surface area contributed by atoms with Crippen molar-refractivity contribution in [2.45, 2.75) is 32.2 Å². The number of hydrogen-bond acceptors (Lipinski definition) is 3. The van der Waals surface area contributed by atoms with Crippen molar-refractivity contribution in [2.75, 3.05) is 26.2 Å². The minimum Gasteiger partial charge on any atom is -0.494 e. The Labute approximate surface area is 145 Å². The second kappa shape index (κ2) is 8.86. The molecule has 3 heteroatoms. The van der Waals surface area contributed by atoms with Crippen LogP contribution in [0.25, 0.3) is 11.1 Å². The summed E-state index contributed by atoms with van der Waals surface area (Å²) in [7, 11) is 0. The normalized spacial score (nSPS) is 15.4. The van der Waals surface area contributed by atoms with Gasteiger partial charge in [-0.25, -0.2) is 0 Å². The van der Waals surface area contributed by atoms with Gasteiger partial charge < -0.3 is 15.4 Å². The first-order valence-corrected chi connectivity index (χ1v) is 9.10. The van der Waals surface area contributed by atoms with E-state index in [4.69, 9.17) is 10.5 Å². The molecule has 3 rings (SSSR count). The van der Waals surface area contributed by atoms with Crippen molar-refractivity contribution in [3.8, 4) is 16.9 Å². The fourth-order valence-electron chi connectivity index (χ4n) is 3.26. The van der Waals surface area contributed by atoms with Crippen LogP contribution in [0.3, 0.4) is 0 Å². The Hall–Kier alpha value is -1.84. The van der Waals surface area contributed by atoms with E-state index in [0.29, 0.717) is 6.54 Å². The smallest absolute Gasteiger partial charge is 0.119 e. The van der Waals surface area contributed by atoms with Crippen molar-refractivity contribution in [3.05, 3.63) is 54.1 Å². The molecule has 0 spiro atoms. The summed E-state index contributed by atoms with van der Waals surface area (Å²) >= 11 is 0. The molecular formula is C21H28N2O. The lowest BCUT2D eigenvalue weighted by molar-refractivity contribution is 0.205. The van der Waals surface area contributed by atoms with Gasteiger partial charge in [0.25, 0.3) is 0 Å². The maximum absolute atomic E-state index is 5.96. The van der Waals surface area contributed by atoms with Crippen LogP contribution >= 0.6 is 0 Å². The van der Waals surface area contributed by atoms with Gasteiger partial charge in [0.1, 0.15) is 5.75 Å². The first kappa shape index (κ1) is 17.0. The summed E-state index contributed by atoms with van der Waals surface area (Å²) < 4.78 is 5.96. The maximum atomic E-state index is 5.96. The first-order chi connectivity index (χ1) is 11.8. The zero-order valence-electron chi connectivity index (χ0n) is 14.4. The van der Waals surface area contributed by atoms with E-state index >= 15 is 0 Å². The van der Waals surface area contributed by atoms with E-state index in [0.717, 1.165) is 30.9 Å². The molecule has 1 heterocycles. The predicted octanol–water partition coefficient (Wildman–Crippen LogP) is 4.07. The average molecular weight is 324 g/mol. The minimum atomic E-state index is 0.584. The maximum Gasteiger partial charge on any atom is 0.119 e. The molecule has 2 aromatic carbocycles. The van der Waals surface area contributed by atoms with Crippen LogP contribution in [0.1, 0.15) is 31.2 Å². The Balaban J connectivity index is 1.51. The summed E-state index contributed by atoms with van der Waals surface area (Å²) in [6.45, 7) is 5.04. The Morgan fingerprint density at radius 3 is 2.46 bits per heavy atom. The minimum absolute atomic E-state index is 0.584. The van der Waals surface area contributed by atoms with Crippen LogP contribution in [0, 0.1) is 0 Å². The number of ether oxygens (including phenoxy) is 1. The molecule has 1 saturated heterocycles. The Morgan fingerprint density at radius 2 is 1.71 bits per heavy atom. The van der Waals surface area contributed by atoms with Gasteiger partial charge in [-0.15, -0.1) is 0 Å². The summed E-state index contributed by atoms with van der Waals surface area (Å²) in [5.41, 5.74) is 9.20. The van der Waals surface area contributed by atoms with Crippen molar-refractivity contribution in [1.82, 2.24) is 4.90 Å². The lowest BCUT2D eigenvalue weighted by Gasteiger charge is -2.26. The molecule has 0 amide bonds. The van der Waals surface area contributed by atoms with Gasteiger partial charge in [-0.05, 0) is 61.2 Å². The van der Waals surface area contributed by atoms with Crippen LogP contribution in [-0.4, -0.2) is 31.1 Å². The van der Waals surface area contributed by atoms with E-state index in [1.165, 1.54) is 43.5 Å². The summed E-state index contributed by atoms with van der Waals surface area (Å²) in [5.74, 6) is 0.953. The fraction of sp³-hybridized carbons (Fsp3) is 0.429. The van der Waals surface area contributed by atoms with Crippen LogP contribution in [0.2, 0.25) is 0 Å². The molecule has 1 fully saturated rings. The lowest BCUT2D eigenvalue weighted by atomic mass is 10.0. The number of hydrogen-bond donors (Lipinski definition) is 1. The van der Waals surface area contributed by atoms with Crippen LogP contribution in [0.15, 0.2) is 48.5 Å². The Kier molecular flexibility index (Phi) is 6.27. The molecule has 0 saturated carbocycles. The molecule has 0 aromatic heterocycles. The molecule has 3 nitrogen and oxygen atoms in total. The van der Waals surface area contributed by atoms with Crippen LogP contribution in [0.4, 0.5) is 0 Å². The second-order valence-electron chi connectivity index (χ2n) is 6.53. The third-order valence-electron chi connectivity index (χ3n) is 4.69. The van der Waals surface area contributed by atoms with Crippen molar-refractivity contribution in [3.63, 3.8) is 0 Å². The lowest BCUT2D eigenvalue weighted by Crippen LogP contribution is -2.31. The van der Waals surface area contributed by atoms with E-state index in [2.05, 4.69) is 47.4 Å². The predicted molar refractivity (Wildman–Crippen MR) is 100 cm³/mol. The van der Waals surface area contributed by atoms with E-state index in [9.17, 15) is 0 Å². The van der Waals surface area contributed by atoms with E-state index in [1.807, 2.05) is 6.07 Å². The molecule has 24 heavy (non-hydrogen) atoms. The molecule has 0 bridgehead atoms. The number of rotatable bonds is 7. The molecule has 1 aliphatic heterocycles. The van der Waals surface area contributed by atoms with Crippen LogP contribution in [0.5, 0.6) is 5.75 Å². The van der Waals surface area contributed by atoms with Crippen molar-refractivity contribution in [2.24, 2.45) is 5.73 Å². The molecular weight excluding hydrogens is 296 g/mol. The number of piperidine rings is 1. The Morgan fingerprint density at radius 1 is 0.917 bits per heavy atom. The van der Waals surface area contributed by atoms with Gasteiger partial charge >= 0.3 is 0 Å². The van der Waals surface area contributed by atoms with E-state index in [1.54, 1.807) is 0 Å². The molecule has 0 unspecified atom stereocenters. The van der Waals surface area contributed by atoms with Gasteiger partial charge in [0, 0.05) is 13.1 Å². The highest BCUT2D eigenvalue weighted by atomic mass is 16.5. The number of benzene rings is 2. The third kappa shape index (κ3) is 4.83. The summed E-state index contributed by atoms with van der Waals surface area (Å²) in [5, 5.41) is 0. The van der Waals surface area contributed by atoms with Gasteiger partial charge in [0.15, 0.2) is 0 Å². The topological polar surface area (TPSA) is 38.5 Å².